The summed E-state index contributed by atoms with van der Waals surface area (Å²) in [5, 5.41) is 30.0. The molecule has 0 amide bonds. The lowest BCUT2D eigenvalue weighted by atomic mass is 9.81. The average molecular weight is 288 g/mol. The van der Waals surface area contributed by atoms with Crippen molar-refractivity contribution in [1.29, 1.82) is 0 Å². The fraction of sp³-hybridized carbons (Fsp3) is 1.00. The normalized spacial score (nSPS) is 16.9. The van der Waals surface area contributed by atoms with Gasteiger partial charge in [-0.05, 0) is 27.2 Å². The molecule has 2 unspecified atom stereocenters. The van der Waals surface area contributed by atoms with E-state index in [0.29, 0.717) is 6.42 Å². The van der Waals surface area contributed by atoms with Crippen LogP contribution >= 0.6 is 0 Å². The quantitative estimate of drug-likeness (QED) is 0.479. The molecule has 0 aromatic rings. The number of aliphatic hydroxyl groups is 3. The van der Waals surface area contributed by atoms with Crippen molar-refractivity contribution in [3.05, 3.63) is 0 Å². The summed E-state index contributed by atoms with van der Waals surface area (Å²) in [6.07, 6.45) is 10.8. The molecule has 0 spiro atoms. The maximum absolute atomic E-state index is 10.1. The predicted molar refractivity (Wildman–Crippen MR) is 84.8 cm³/mol. The highest BCUT2D eigenvalue weighted by atomic mass is 16.4. The van der Waals surface area contributed by atoms with Crippen molar-refractivity contribution >= 4 is 0 Å². The minimum absolute atomic E-state index is 0.548. The van der Waals surface area contributed by atoms with Crippen LogP contribution in [0, 0.1) is 0 Å². The molecular weight excluding hydrogens is 252 g/mol. The van der Waals surface area contributed by atoms with Crippen LogP contribution in [0.5, 0.6) is 0 Å². The first-order valence-electron chi connectivity index (χ1n) is 8.36. The second kappa shape index (κ2) is 9.75. The minimum Gasteiger partial charge on any atom is -0.390 e. The van der Waals surface area contributed by atoms with E-state index in [1.165, 1.54) is 65.7 Å². The standard InChI is InChI=1S/C17H36O3/c1-5-6-7-8-9-10-11-12-13-14-15(18)17(4,20)16(2,3)19/h15,18-20H,5-14H2,1-4H3. The molecule has 0 aliphatic carbocycles. The number of aliphatic hydroxyl groups excluding tert-OH is 1. The molecule has 0 aliphatic rings. The number of hydrogen-bond donors (Lipinski definition) is 3. The Hall–Kier alpha value is -0.120. The molecule has 0 rings (SSSR count). The van der Waals surface area contributed by atoms with E-state index in [4.69, 9.17) is 0 Å². The van der Waals surface area contributed by atoms with Gasteiger partial charge in [-0.25, -0.2) is 0 Å². The Morgan fingerprint density at radius 3 is 1.55 bits per heavy atom. The van der Waals surface area contributed by atoms with Crippen molar-refractivity contribution in [2.45, 2.75) is 109 Å². The SMILES string of the molecule is CCCCCCCCCCCC(O)C(C)(O)C(C)(C)O. The van der Waals surface area contributed by atoms with Crippen LogP contribution in [0.15, 0.2) is 0 Å². The van der Waals surface area contributed by atoms with Gasteiger partial charge in [0.1, 0.15) is 5.60 Å². The lowest BCUT2D eigenvalue weighted by Crippen LogP contribution is -2.55. The van der Waals surface area contributed by atoms with E-state index in [1.54, 1.807) is 0 Å². The Bertz CT molecular complexity index is 231. The molecule has 3 N–H and O–H groups in total. The third kappa shape index (κ3) is 7.61. The molecule has 0 saturated carbocycles. The number of unbranched alkanes of at least 4 members (excludes halogenated alkanes) is 8. The van der Waals surface area contributed by atoms with Crippen LogP contribution in [0.2, 0.25) is 0 Å². The molecule has 122 valence electrons. The number of hydrogen-bond acceptors (Lipinski definition) is 3. The Morgan fingerprint density at radius 1 is 0.750 bits per heavy atom. The summed E-state index contributed by atoms with van der Waals surface area (Å²) in [5.41, 5.74) is -2.74. The summed E-state index contributed by atoms with van der Waals surface area (Å²) in [6, 6.07) is 0. The molecule has 0 aromatic carbocycles. The third-order valence-electron chi connectivity index (χ3n) is 4.47. The Labute approximate surface area is 125 Å². The molecule has 0 heterocycles. The molecule has 3 heteroatoms. The lowest BCUT2D eigenvalue weighted by molar-refractivity contribution is -0.178. The fourth-order valence-corrected chi connectivity index (χ4v) is 2.34. The van der Waals surface area contributed by atoms with Crippen molar-refractivity contribution in [2.75, 3.05) is 0 Å². The first-order valence-corrected chi connectivity index (χ1v) is 8.36. The molecule has 3 nitrogen and oxygen atoms in total. The Balaban J connectivity index is 3.60. The van der Waals surface area contributed by atoms with Gasteiger partial charge in [-0.1, -0.05) is 64.7 Å². The van der Waals surface area contributed by atoms with Crippen molar-refractivity contribution in [2.24, 2.45) is 0 Å². The smallest absolute Gasteiger partial charge is 0.116 e. The van der Waals surface area contributed by atoms with Gasteiger partial charge in [0, 0.05) is 0 Å². The van der Waals surface area contributed by atoms with Gasteiger partial charge in [0.05, 0.1) is 11.7 Å². The summed E-state index contributed by atoms with van der Waals surface area (Å²) in [6.45, 7) is 6.80. The van der Waals surface area contributed by atoms with Crippen LogP contribution in [-0.2, 0) is 0 Å². The zero-order valence-electron chi connectivity index (χ0n) is 14.0. The second-order valence-electron chi connectivity index (χ2n) is 6.84. The Kier molecular flexibility index (Phi) is 9.69. The molecular formula is C17H36O3. The third-order valence-corrected chi connectivity index (χ3v) is 4.47. The fourth-order valence-electron chi connectivity index (χ4n) is 2.34. The van der Waals surface area contributed by atoms with Crippen molar-refractivity contribution in [1.82, 2.24) is 0 Å². The van der Waals surface area contributed by atoms with E-state index >= 15 is 0 Å². The molecule has 0 radical (unpaired) electrons. The second-order valence-corrected chi connectivity index (χ2v) is 6.84. The summed E-state index contributed by atoms with van der Waals surface area (Å²) in [4.78, 5) is 0. The van der Waals surface area contributed by atoms with Crippen LogP contribution in [0.3, 0.4) is 0 Å². The summed E-state index contributed by atoms with van der Waals surface area (Å²) in [5.74, 6) is 0. The van der Waals surface area contributed by atoms with Gasteiger partial charge in [-0.15, -0.1) is 0 Å². The summed E-state index contributed by atoms with van der Waals surface area (Å²) >= 11 is 0. The average Bonchev–Trinajstić information content (AvgIpc) is 2.35. The molecule has 0 bridgehead atoms. The van der Waals surface area contributed by atoms with Gasteiger partial charge < -0.3 is 15.3 Å². The van der Waals surface area contributed by atoms with E-state index in [2.05, 4.69) is 6.92 Å². The van der Waals surface area contributed by atoms with Gasteiger partial charge >= 0.3 is 0 Å². The predicted octanol–water partition coefficient (Wildman–Crippen LogP) is 3.79. The van der Waals surface area contributed by atoms with E-state index in [9.17, 15) is 15.3 Å². The van der Waals surface area contributed by atoms with E-state index in [0.717, 1.165) is 12.8 Å². The largest absolute Gasteiger partial charge is 0.390 e. The van der Waals surface area contributed by atoms with E-state index < -0.39 is 17.3 Å². The first kappa shape index (κ1) is 19.9. The van der Waals surface area contributed by atoms with Crippen molar-refractivity contribution < 1.29 is 15.3 Å². The lowest BCUT2D eigenvalue weighted by Gasteiger charge is -2.39. The molecule has 20 heavy (non-hydrogen) atoms. The van der Waals surface area contributed by atoms with Gasteiger partial charge in [0.25, 0.3) is 0 Å². The maximum Gasteiger partial charge on any atom is 0.116 e. The van der Waals surface area contributed by atoms with E-state index in [1.807, 2.05) is 0 Å². The van der Waals surface area contributed by atoms with Crippen LogP contribution < -0.4 is 0 Å². The molecule has 2 atom stereocenters. The molecule has 0 fully saturated rings. The highest BCUT2D eigenvalue weighted by Crippen LogP contribution is 2.27. The molecule has 0 saturated heterocycles. The summed E-state index contributed by atoms with van der Waals surface area (Å²) < 4.78 is 0. The minimum atomic E-state index is -1.45. The van der Waals surface area contributed by atoms with Gasteiger partial charge in [0.15, 0.2) is 0 Å². The summed E-state index contributed by atoms with van der Waals surface area (Å²) in [7, 11) is 0. The monoisotopic (exact) mass is 288 g/mol. The highest BCUT2D eigenvalue weighted by Gasteiger charge is 2.43. The highest BCUT2D eigenvalue weighted by molar-refractivity contribution is 4.95. The van der Waals surface area contributed by atoms with E-state index in [-0.39, 0.29) is 0 Å². The van der Waals surface area contributed by atoms with Gasteiger partial charge in [-0.2, -0.15) is 0 Å². The van der Waals surface area contributed by atoms with Crippen molar-refractivity contribution in [3.8, 4) is 0 Å². The van der Waals surface area contributed by atoms with Gasteiger partial charge in [0.2, 0.25) is 0 Å². The molecule has 0 aliphatic heterocycles. The Morgan fingerprint density at radius 2 is 1.15 bits per heavy atom. The zero-order chi connectivity index (χ0) is 15.6. The molecule has 0 aromatic heterocycles. The first-order chi connectivity index (χ1) is 9.23. The topological polar surface area (TPSA) is 60.7 Å². The number of rotatable bonds is 12. The van der Waals surface area contributed by atoms with Crippen LogP contribution in [0.25, 0.3) is 0 Å². The maximum atomic E-state index is 10.1. The van der Waals surface area contributed by atoms with Crippen LogP contribution in [0.1, 0.15) is 91.9 Å². The zero-order valence-corrected chi connectivity index (χ0v) is 14.0. The van der Waals surface area contributed by atoms with Crippen molar-refractivity contribution in [3.63, 3.8) is 0 Å². The van der Waals surface area contributed by atoms with Crippen LogP contribution in [0.4, 0.5) is 0 Å². The van der Waals surface area contributed by atoms with Gasteiger partial charge in [-0.3, -0.25) is 0 Å². The van der Waals surface area contributed by atoms with Crippen LogP contribution in [-0.4, -0.2) is 32.6 Å².